The maximum absolute atomic E-state index is 3.24. The number of rotatable bonds is 4. The van der Waals surface area contributed by atoms with Crippen molar-refractivity contribution in [1.29, 1.82) is 0 Å². The van der Waals surface area contributed by atoms with Crippen LogP contribution < -0.4 is 10.2 Å². The molecule has 1 aliphatic heterocycles. The lowest BCUT2D eigenvalue weighted by atomic mass is 10.1. The van der Waals surface area contributed by atoms with Crippen LogP contribution in [0.1, 0.15) is 18.1 Å². The van der Waals surface area contributed by atoms with Gasteiger partial charge in [-0.15, -0.1) is 0 Å². The number of nitrogens with one attached hydrogen (secondary N) is 1. The van der Waals surface area contributed by atoms with E-state index in [0.717, 1.165) is 32.7 Å². The lowest BCUT2D eigenvalue weighted by Gasteiger charge is -2.41. The van der Waals surface area contributed by atoms with Crippen LogP contribution in [0.2, 0.25) is 0 Å². The van der Waals surface area contributed by atoms with Crippen LogP contribution in [0.3, 0.4) is 0 Å². The van der Waals surface area contributed by atoms with Crippen LogP contribution in [-0.4, -0.2) is 50.7 Å². The molecule has 2 rings (SSSR count). The van der Waals surface area contributed by atoms with E-state index in [2.05, 4.69) is 54.1 Å². The molecule has 1 aromatic rings. The SMILES string of the molecule is CNCCN1CCN(c2ccc(C)c(C)c2)CC1C. The first-order valence-corrected chi connectivity index (χ1v) is 7.32. The molecule has 0 radical (unpaired) electrons. The van der Waals surface area contributed by atoms with E-state index in [9.17, 15) is 0 Å². The van der Waals surface area contributed by atoms with E-state index in [1.165, 1.54) is 16.8 Å². The van der Waals surface area contributed by atoms with Gasteiger partial charge in [-0.2, -0.15) is 0 Å². The van der Waals surface area contributed by atoms with Gasteiger partial charge in [0.2, 0.25) is 0 Å². The van der Waals surface area contributed by atoms with Gasteiger partial charge in [-0.3, -0.25) is 4.90 Å². The summed E-state index contributed by atoms with van der Waals surface area (Å²) in [6.45, 7) is 12.4. The molecule has 1 atom stereocenters. The minimum atomic E-state index is 0.628. The fraction of sp³-hybridized carbons (Fsp3) is 0.625. The fourth-order valence-electron chi connectivity index (χ4n) is 2.74. The van der Waals surface area contributed by atoms with Gasteiger partial charge in [0.05, 0.1) is 0 Å². The van der Waals surface area contributed by atoms with Gasteiger partial charge in [0.1, 0.15) is 0 Å². The van der Waals surface area contributed by atoms with Crippen molar-refractivity contribution >= 4 is 5.69 Å². The second kappa shape index (κ2) is 6.40. The Balaban J connectivity index is 1.99. The quantitative estimate of drug-likeness (QED) is 0.895. The average molecular weight is 261 g/mol. The Morgan fingerprint density at radius 1 is 1.21 bits per heavy atom. The molecule has 1 saturated heterocycles. The fourth-order valence-corrected chi connectivity index (χ4v) is 2.74. The summed E-state index contributed by atoms with van der Waals surface area (Å²) in [5, 5.41) is 3.24. The van der Waals surface area contributed by atoms with Gasteiger partial charge in [0.15, 0.2) is 0 Å². The second-order valence-corrected chi connectivity index (χ2v) is 5.70. The summed E-state index contributed by atoms with van der Waals surface area (Å²) in [6.07, 6.45) is 0. The van der Waals surface area contributed by atoms with Gasteiger partial charge < -0.3 is 10.2 Å². The monoisotopic (exact) mass is 261 g/mol. The molecule has 0 aliphatic carbocycles. The third kappa shape index (κ3) is 3.48. The Morgan fingerprint density at radius 3 is 2.63 bits per heavy atom. The Bertz CT molecular complexity index is 416. The molecule has 19 heavy (non-hydrogen) atoms. The molecular formula is C16H27N3. The minimum Gasteiger partial charge on any atom is -0.369 e. The summed E-state index contributed by atoms with van der Waals surface area (Å²) in [5.74, 6) is 0. The van der Waals surface area contributed by atoms with Crippen molar-refractivity contribution in [3.8, 4) is 0 Å². The van der Waals surface area contributed by atoms with Crippen molar-refractivity contribution in [3.63, 3.8) is 0 Å². The van der Waals surface area contributed by atoms with Crippen molar-refractivity contribution in [3.05, 3.63) is 29.3 Å². The zero-order valence-corrected chi connectivity index (χ0v) is 12.7. The smallest absolute Gasteiger partial charge is 0.0370 e. The van der Waals surface area contributed by atoms with E-state index in [4.69, 9.17) is 0 Å². The first-order chi connectivity index (χ1) is 9.11. The van der Waals surface area contributed by atoms with Crippen LogP contribution >= 0.6 is 0 Å². The Morgan fingerprint density at radius 2 is 2.00 bits per heavy atom. The topological polar surface area (TPSA) is 18.5 Å². The highest BCUT2D eigenvalue weighted by molar-refractivity contribution is 5.51. The van der Waals surface area contributed by atoms with Gasteiger partial charge in [-0.25, -0.2) is 0 Å². The third-order valence-electron chi connectivity index (χ3n) is 4.27. The number of piperazine rings is 1. The molecule has 0 amide bonds. The molecule has 1 fully saturated rings. The van der Waals surface area contributed by atoms with Crippen LogP contribution in [0.4, 0.5) is 5.69 Å². The lowest BCUT2D eigenvalue weighted by molar-refractivity contribution is 0.191. The first-order valence-electron chi connectivity index (χ1n) is 7.32. The summed E-state index contributed by atoms with van der Waals surface area (Å²) in [6, 6.07) is 7.45. The van der Waals surface area contributed by atoms with E-state index in [1.807, 2.05) is 7.05 Å². The van der Waals surface area contributed by atoms with Crippen LogP contribution in [0.15, 0.2) is 18.2 Å². The lowest BCUT2D eigenvalue weighted by Crippen LogP contribution is -2.53. The predicted octanol–water partition coefficient (Wildman–Crippen LogP) is 2.03. The Kier molecular flexibility index (Phi) is 4.83. The van der Waals surface area contributed by atoms with Crippen molar-refractivity contribution in [2.45, 2.75) is 26.8 Å². The number of hydrogen-bond donors (Lipinski definition) is 1. The van der Waals surface area contributed by atoms with E-state index in [0.29, 0.717) is 6.04 Å². The van der Waals surface area contributed by atoms with E-state index in [1.54, 1.807) is 0 Å². The highest BCUT2D eigenvalue weighted by Gasteiger charge is 2.23. The van der Waals surface area contributed by atoms with Gasteiger partial charge in [-0.1, -0.05) is 6.07 Å². The summed E-state index contributed by atoms with van der Waals surface area (Å²) in [5.41, 5.74) is 4.15. The molecule has 0 bridgehead atoms. The zero-order valence-electron chi connectivity index (χ0n) is 12.7. The molecule has 1 N–H and O–H groups in total. The molecule has 1 aliphatic rings. The maximum Gasteiger partial charge on any atom is 0.0370 e. The highest BCUT2D eigenvalue weighted by Crippen LogP contribution is 2.21. The molecular weight excluding hydrogens is 234 g/mol. The first kappa shape index (κ1) is 14.4. The largest absolute Gasteiger partial charge is 0.369 e. The average Bonchev–Trinajstić information content (AvgIpc) is 2.40. The molecule has 1 aromatic carbocycles. The normalized spacial score (nSPS) is 20.8. The van der Waals surface area contributed by atoms with Crippen LogP contribution in [0.5, 0.6) is 0 Å². The van der Waals surface area contributed by atoms with Crippen molar-refractivity contribution in [2.24, 2.45) is 0 Å². The molecule has 3 heteroatoms. The second-order valence-electron chi connectivity index (χ2n) is 5.70. The maximum atomic E-state index is 3.24. The highest BCUT2D eigenvalue weighted by atomic mass is 15.3. The van der Waals surface area contributed by atoms with Crippen LogP contribution in [0, 0.1) is 13.8 Å². The van der Waals surface area contributed by atoms with Gasteiger partial charge in [-0.05, 0) is 51.1 Å². The summed E-state index contributed by atoms with van der Waals surface area (Å²) >= 11 is 0. The molecule has 1 unspecified atom stereocenters. The standard InChI is InChI=1S/C16H27N3/c1-13-5-6-16(11-14(13)2)19-10-9-18(8-7-17-4)15(3)12-19/h5-6,11,15,17H,7-10,12H2,1-4H3. The Hall–Kier alpha value is -1.06. The number of likely N-dealkylation sites (N-methyl/N-ethyl adjacent to an activating group) is 1. The molecule has 0 aromatic heterocycles. The zero-order chi connectivity index (χ0) is 13.8. The molecule has 0 saturated carbocycles. The molecule has 106 valence electrons. The van der Waals surface area contributed by atoms with Crippen molar-refractivity contribution in [2.75, 3.05) is 44.7 Å². The van der Waals surface area contributed by atoms with E-state index < -0.39 is 0 Å². The van der Waals surface area contributed by atoms with Gasteiger partial charge in [0.25, 0.3) is 0 Å². The summed E-state index contributed by atoms with van der Waals surface area (Å²) < 4.78 is 0. The molecule has 3 nitrogen and oxygen atoms in total. The summed E-state index contributed by atoms with van der Waals surface area (Å²) in [4.78, 5) is 5.10. The number of hydrogen-bond acceptors (Lipinski definition) is 3. The van der Waals surface area contributed by atoms with Crippen LogP contribution in [0.25, 0.3) is 0 Å². The number of anilines is 1. The van der Waals surface area contributed by atoms with Crippen molar-refractivity contribution in [1.82, 2.24) is 10.2 Å². The van der Waals surface area contributed by atoms with Gasteiger partial charge >= 0.3 is 0 Å². The summed E-state index contributed by atoms with van der Waals surface area (Å²) in [7, 11) is 2.02. The minimum absolute atomic E-state index is 0.628. The number of aryl methyl sites for hydroxylation is 2. The van der Waals surface area contributed by atoms with Crippen LogP contribution in [-0.2, 0) is 0 Å². The van der Waals surface area contributed by atoms with E-state index >= 15 is 0 Å². The Labute approximate surface area is 117 Å². The van der Waals surface area contributed by atoms with Crippen molar-refractivity contribution < 1.29 is 0 Å². The van der Waals surface area contributed by atoms with Gasteiger partial charge in [0, 0.05) is 44.5 Å². The number of nitrogens with zero attached hydrogens (tertiary/aromatic N) is 2. The molecule has 1 heterocycles. The molecule has 0 spiro atoms. The van der Waals surface area contributed by atoms with E-state index in [-0.39, 0.29) is 0 Å². The predicted molar refractivity (Wildman–Crippen MR) is 83.1 cm³/mol. The number of benzene rings is 1. The third-order valence-corrected chi connectivity index (χ3v) is 4.27.